The summed E-state index contributed by atoms with van der Waals surface area (Å²) in [6.45, 7) is 0. The van der Waals surface area contributed by atoms with Gasteiger partial charge < -0.3 is 15.8 Å². The maximum atomic E-state index is 10.7. The summed E-state index contributed by atoms with van der Waals surface area (Å²) in [4.78, 5) is 0. The third-order valence-corrected chi connectivity index (χ3v) is 1.37. The molecule has 3 N–H and O–H groups in total. The highest BCUT2D eigenvalue weighted by Gasteiger charge is 2.08. The molecule has 1 rings (SSSR count). The zero-order valence-electron chi connectivity index (χ0n) is 6.43. The molecule has 0 aliphatic rings. The molecule has 1 heterocycles. The summed E-state index contributed by atoms with van der Waals surface area (Å²) in [5.74, 6) is 1.69. The van der Waals surface area contributed by atoms with Crippen molar-refractivity contribution in [3.63, 3.8) is 0 Å². The molecule has 0 aliphatic heterocycles. The lowest BCUT2D eigenvalue weighted by molar-refractivity contribution is -0.214. The van der Waals surface area contributed by atoms with E-state index in [0.717, 1.165) is 0 Å². The van der Waals surface area contributed by atoms with Crippen LogP contribution in [0.3, 0.4) is 0 Å². The van der Waals surface area contributed by atoms with Gasteiger partial charge >= 0.3 is 0 Å². The van der Waals surface area contributed by atoms with Gasteiger partial charge in [-0.2, -0.15) is 5.10 Å². The lowest BCUT2D eigenvalue weighted by Crippen LogP contribution is -2.18. The molecule has 5 nitrogen and oxygen atoms in total. The molecule has 0 bridgehead atoms. The molecule has 62 valence electrons. The molecule has 0 unspecified atom stereocenters. The zero-order valence-corrected chi connectivity index (χ0v) is 6.43. The smallest absolute Gasteiger partial charge is 0.157 e. The molecular weight excluding hydrogens is 156 g/mol. The van der Waals surface area contributed by atoms with Crippen molar-refractivity contribution in [2.75, 3.05) is 12.4 Å². The van der Waals surface area contributed by atoms with Crippen LogP contribution >= 0.6 is 0 Å². The molecular formula is C7H7N4O-. The van der Waals surface area contributed by atoms with Crippen molar-refractivity contribution < 1.29 is 5.11 Å². The number of nitrogens with one attached hydrogen (secondary N) is 3. The van der Waals surface area contributed by atoms with Gasteiger partial charge in [0.25, 0.3) is 0 Å². The first kappa shape index (κ1) is 8.14. The van der Waals surface area contributed by atoms with Crippen LogP contribution < -0.4 is 10.4 Å². The van der Waals surface area contributed by atoms with Crippen molar-refractivity contribution in [1.29, 1.82) is 5.41 Å². The summed E-state index contributed by atoms with van der Waals surface area (Å²) in [5, 5.41) is 26.5. The van der Waals surface area contributed by atoms with E-state index in [1.165, 1.54) is 0 Å². The van der Waals surface area contributed by atoms with Crippen molar-refractivity contribution in [2.45, 2.75) is 0 Å². The van der Waals surface area contributed by atoms with Crippen molar-refractivity contribution in [2.24, 2.45) is 0 Å². The Bertz CT molecular complexity index is 347. The summed E-state index contributed by atoms with van der Waals surface area (Å²) in [7, 11) is 1.60. The van der Waals surface area contributed by atoms with Gasteiger partial charge in [0, 0.05) is 7.05 Å². The predicted molar refractivity (Wildman–Crippen MR) is 42.9 cm³/mol. The van der Waals surface area contributed by atoms with Gasteiger partial charge in [0.05, 0.1) is 5.56 Å². The van der Waals surface area contributed by atoms with Gasteiger partial charge in [0.1, 0.15) is 5.69 Å². The molecule has 1 aromatic rings. The molecule has 0 spiro atoms. The second-order valence-corrected chi connectivity index (χ2v) is 2.05. The van der Waals surface area contributed by atoms with Gasteiger partial charge in [-0.3, -0.25) is 5.10 Å². The molecule has 5 heteroatoms. The summed E-state index contributed by atoms with van der Waals surface area (Å²) in [6, 6.07) is 0. The highest BCUT2D eigenvalue weighted by molar-refractivity contribution is 5.95. The van der Waals surface area contributed by atoms with Crippen molar-refractivity contribution in [3.8, 4) is 12.3 Å². The Hall–Kier alpha value is -1.96. The van der Waals surface area contributed by atoms with Gasteiger partial charge in [-0.05, 0) is 5.90 Å². The summed E-state index contributed by atoms with van der Waals surface area (Å²) in [5.41, 5.74) is 0.347. The summed E-state index contributed by atoms with van der Waals surface area (Å²) < 4.78 is 0. The van der Waals surface area contributed by atoms with Crippen LogP contribution in [0, 0.1) is 17.8 Å². The predicted octanol–water partition coefficient (Wildman–Crippen LogP) is -0.882. The fraction of sp³-hybridized carbons (Fsp3) is 0.143. The maximum absolute atomic E-state index is 10.7. The van der Waals surface area contributed by atoms with E-state index in [2.05, 4.69) is 21.4 Å². The standard InChI is InChI=1S/C7H8N4O/c1-3-4-5(6(8)12)7(9-2)11-10-4/h1H,2H3,(H2,8,12)(H2,9,10,11)/p-1. The second kappa shape index (κ2) is 2.96. The van der Waals surface area contributed by atoms with Crippen molar-refractivity contribution in [3.05, 3.63) is 11.3 Å². The number of hydrogen-bond donors (Lipinski definition) is 3. The van der Waals surface area contributed by atoms with Gasteiger partial charge in [-0.25, -0.2) is 0 Å². The van der Waals surface area contributed by atoms with Gasteiger partial charge in [-0.15, -0.1) is 6.42 Å². The summed E-state index contributed by atoms with van der Waals surface area (Å²) >= 11 is 0. The van der Waals surface area contributed by atoms with E-state index in [-0.39, 0.29) is 11.3 Å². The molecule has 0 aliphatic carbocycles. The minimum atomic E-state index is -0.846. The molecule has 0 amide bonds. The van der Waals surface area contributed by atoms with E-state index >= 15 is 0 Å². The van der Waals surface area contributed by atoms with Crippen LogP contribution in [0.2, 0.25) is 0 Å². The Morgan fingerprint density at radius 2 is 2.50 bits per heavy atom. The normalized spacial score (nSPS) is 9.00. The van der Waals surface area contributed by atoms with Crippen LogP contribution in [0.4, 0.5) is 5.82 Å². The van der Waals surface area contributed by atoms with Crippen LogP contribution in [0.25, 0.3) is 0 Å². The Morgan fingerprint density at radius 3 is 2.92 bits per heavy atom. The highest BCUT2D eigenvalue weighted by atomic mass is 16.3. The van der Waals surface area contributed by atoms with E-state index in [1.54, 1.807) is 7.05 Å². The SMILES string of the molecule is C#Cc1[nH]nc(NC)c1C(=N)[O-]. The number of aromatic amines is 1. The third kappa shape index (κ3) is 1.10. The van der Waals surface area contributed by atoms with Gasteiger partial charge in [0.15, 0.2) is 5.82 Å². The number of hydrogen-bond acceptors (Lipinski definition) is 4. The Labute approximate surface area is 69.3 Å². The number of nitrogens with zero attached hydrogens (tertiary/aromatic N) is 1. The molecule has 0 saturated carbocycles. The van der Waals surface area contributed by atoms with Crippen LogP contribution in [-0.4, -0.2) is 23.1 Å². The minimum absolute atomic E-state index is 0.111. The fourth-order valence-electron chi connectivity index (χ4n) is 0.848. The average molecular weight is 163 g/mol. The highest BCUT2D eigenvalue weighted by Crippen LogP contribution is 2.13. The summed E-state index contributed by atoms with van der Waals surface area (Å²) in [6.07, 6.45) is 5.07. The van der Waals surface area contributed by atoms with Crippen LogP contribution in [0.5, 0.6) is 0 Å². The molecule has 12 heavy (non-hydrogen) atoms. The van der Waals surface area contributed by atoms with Crippen molar-refractivity contribution in [1.82, 2.24) is 10.2 Å². The number of H-pyrrole nitrogens is 1. The Balaban J connectivity index is 3.28. The topological polar surface area (TPSA) is 87.6 Å². The first-order valence-corrected chi connectivity index (χ1v) is 3.19. The van der Waals surface area contributed by atoms with Gasteiger partial charge in [0.2, 0.25) is 0 Å². The fourth-order valence-corrected chi connectivity index (χ4v) is 0.848. The second-order valence-electron chi connectivity index (χ2n) is 2.05. The van der Waals surface area contributed by atoms with Crippen LogP contribution in [-0.2, 0) is 0 Å². The Kier molecular flexibility index (Phi) is 2.01. The molecule has 0 fully saturated rings. The first-order chi connectivity index (χ1) is 5.70. The monoisotopic (exact) mass is 163 g/mol. The van der Waals surface area contributed by atoms with E-state index in [4.69, 9.17) is 11.8 Å². The quantitative estimate of drug-likeness (QED) is 0.300. The largest absolute Gasteiger partial charge is 0.859 e. The van der Waals surface area contributed by atoms with E-state index < -0.39 is 5.90 Å². The number of rotatable bonds is 2. The zero-order chi connectivity index (χ0) is 9.14. The van der Waals surface area contributed by atoms with E-state index in [9.17, 15) is 5.11 Å². The maximum Gasteiger partial charge on any atom is 0.157 e. The molecule has 0 radical (unpaired) electrons. The Morgan fingerprint density at radius 1 is 1.83 bits per heavy atom. The number of aromatic nitrogens is 2. The first-order valence-electron chi connectivity index (χ1n) is 3.19. The average Bonchev–Trinajstić information content (AvgIpc) is 2.46. The number of terminal acetylenes is 1. The van der Waals surface area contributed by atoms with Crippen molar-refractivity contribution >= 4 is 11.7 Å². The molecule has 0 aromatic carbocycles. The minimum Gasteiger partial charge on any atom is -0.859 e. The lowest BCUT2D eigenvalue weighted by Gasteiger charge is -2.06. The lowest BCUT2D eigenvalue weighted by atomic mass is 10.2. The van der Waals surface area contributed by atoms with Gasteiger partial charge in [-0.1, -0.05) is 5.92 Å². The molecule has 1 aromatic heterocycles. The molecule has 0 saturated heterocycles. The third-order valence-electron chi connectivity index (χ3n) is 1.37. The molecule has 0 atom stereocenters. The van der Waals surface area contributed by atoms with Crippen LogP contribution in [0.15, 0.2) is 0 Å². The number of anilines is 1. The van der Waals surface area contributed by atoms with E-state index in [0.29, 0.717) is 5.82 Å². The van der Waals surface area contributed by atoms with E-state index in [1.807, 2.05) is 0 Å². The van der Waals surface area contributed by atoms with Crippen LogP contribution in [0.1, 0.15) is 11.3 Å².